The van der Waals surface area contributed by atoms with E-state index >= 15 is 0 Å². The molecule has 1 aliphatic rings. The molecule has 0 spiro atoms. The Bertz CT molecular complexity index is 349. The maximum absolute atomic E-state index is 11.2. The number of carbonyl (C=O) groups excluding carboxylic acids is 4. The first-order chi connectivity index (χ1) is 8.54. The minimum atomic E-state index is -0.862. The van der Waals surface area contributed by atoms with Crippen LogP contribution in [0, 0.1) is 0 Å². The Balaban J connectivity index is 2.27. The number of hydrogen-bond acceptors (Lipinski definition) is 7. The van der Waals surface area contributed by atoms with Crippen molar-refractivity contribution in [2.75, 3.05) is 13.2 Å². The molecule has 18 heavy (non-hydrogen) atoms. The molecule has 1 saturated heterocycles. The monoisotopic (exact) mass is 259 g/mol. The van der Waals surface area contributed by atoms with E-state index < -0.39 is 23.8 Å². The predicted molar refractivity (Wildman–Crippen MR) is 54.5 cm³/mol. The van der Waals surface area contributed by atoms with Crippen molar-refractivity contribution in [3.63, 3.8) is 0 Å². The fourth-order valence-corrected chi connectivity index (χ4v) is 1.24. The number of amides is 2. The summed E-state index contributed by atoms with van der Waals surface area (Å²) in [7, 11) is 0. The van der Waals surface area contributed by atoms with Gasteiger partial charge in [-0.3, -0.25) is 14.4 Å². The molecule has 0 saturated carbocycles. The summed E-state index contributed by atoms with van der Waals surface area (Å²) in [5, 5.41) is 8.81. The molecule has 0 bridgehead atoms. The van der Waals surface area contributed by atoms with Crippen molar-refractivity contribution < 1.29 is 33.9 Å². The van der Waals surface area contributed by atoms with Gasteiger partial charge in [-0.1, -0.05) is 0 Å². The molecule has 0 radical (unpaired) electrons. The lowest BCUT2D eigenvalue weighted by Gasteiger charge is -2.12. The number of aliphatic hydroxyl groups excluding tert-OH is 1. The van der Waals surface area contributed by atoms with Gasteiger partial charge in [-0.2, -0.15) is 0 Å². The highest BCUT2D eigenvalue weighted by atomic mass is 16.7. The van der Waals surface area contributed by atoms with Crippen LogP contribution >= 0.6 is 0 Å². The van der Waals surface area contributed by atoms with Crippen molar-refractivity contribution in [1.82, 2.24) is 5.06 Å². The van der Waals surface area contributed by atoms with Crippen LogP contribution in [0.5, 0.6) is 0 Å². The topological polar surface area (TPSA) is 110 Å². The van der Waals surface area contributed by atoms with E-state index in [-0.39, 0.29) is 38.9 Å². The van der Waals surface area contributed by atoms with Crippen molar-refractivity contribution in [2.24, 2.45) is 0 Å². The average molecular weight is 259 g/mol. The molecule has 1 aliphatic heterocycles. The summed E-state index contributed by atoms with van der Waals surface area (Å²) in [5.74, 6) is -2.67. The van der Waals surface area contributed by atoms with Gasteiger partial charge in [0, 0.05) is 12.8 Å². The first-order valence-electron chi connectivity index (χ1n) is 5.37. The molecule has 2 amide bonds. The summed E-state index contributed by atoms with van der Waals surface area (Å²) in [6.45, 7) is -0.441. The van der Waals surface area contributed by atoms with Crippen molar-refractivity contribution in [1.29, 1.82) is 0 Å². The van der Waals surface area contributed by atoms with Gasteiger partial charge >= 0.3 is 11.9 Å². The molecule has 0 atom stereocenters. The largest absolute Gasteiger partial charge is 0.463 e. The molecule has 8 nitrogen and oxygen atoms in total. The van der Waals surface area contributed by atoms with Crippen molar-refractivity contribution >= 4 is 23.8 Å². The zero-order valence-electron chi connectivity index (χ0n) is 9.59. The predicted octanol–water partition coefficient (Wildman–Crippen LogP) is -1.09. The van der Waals surface area contributed by atoms with Crippen molar-refractivity contribution in [2.45, 2.75) is 25.7 Å². The van der Waals surface area contributed by atoms with Gasteiger partial charge in [0.1, 0.15) is 6.61 Å². The third-order valence-corrected chi connectivity index (χ3v) is 2.09. The highest BCUT2D eigenvalue weighted by Gasteiger charge is 2.32. The highest BCUT2D eigenvalue weighted by Crippen LogP contribution is 2.12. The lowest BCUT2D eigenvalue weighted by atomic mass is 10.3. The van der Waals surface area contributed by atoms with E-state index in [9.17, 15) is 19.2 Å². The molecule has 0 aromatic carbocycles. The van der Waals surface area contributed by atoms with Crippen LogP contribution in [0.25, 0.3) is 0 Å². The van der Waals surface area contributed by atoms with Gasteiger partial charge in [0.25, 0.3) is 11.8 Å². The van der Waals surface area contributed by atoms with Crippen LogP contribution in [-0.4, -0.2) is 47.1 Å². The number of aliphatic hydroxyl groups is 1. The second-order valence-corrected chi connectivity index (χ2v) is 3.49. The Morgan fingerprint density at radius 2 is 1.67 bits per heavy atom. The number of carbonyl (C=O) groups is 4. The summed E-state index contributed by atoms with van der Waals surface area (Å²) in [4.78, 5) is 49.0. The molecule has 100 valence electrons. The van der Waals surface area contributed by atoms with Gasteiger partial charge in [0.15, 0.2) is 0 Å². The molecule has 0 aliphatic carbocycles. The molecular weight excluding hydrogens is 246 g/mol. The number of rotatable bonds is 6. The minimum Gasteiger partial charge on any atom is -0.463 e. The van der Waals surface area contributed by atoms with Crippen LogP contribution in [0.2, 0.25) is 0 Å². The molecule has 8 heteroatoms. The zero-order valence-corrected chi connectivity index (χ0v) is 9.59. The van der Waals surface area contributed by atoms with Gasteiger partial charge in [-0.05, 0) is 0 Å². The van der Waals surface area contributed by atoms with Crippen LogP contribution < -0.4 is 0 Å². The van der Waals surface area contributed by atoms with Crippen LogP contribution in [-0.2, 0) is 28.8 Å². The lowest BCUT2D eigenvalue weighted by molar-refractivity contribution is -0.197. The van der Waals surface area contributed by atoms with Crippen LogP contribution in [0.15, 0.2) is 0 Å². The zero-order chi connectivity index (χ0) is 13.5. The Morgan fingerprint density at radius 1 is 1.11 bits per heavy atom. The quantitative estimate of drug-likeness (QED) is 0.476. The Kier molecular flexibility index (Phi) is 5.25. The van der Waals surface area contributed by atoms with Crippen molar-refractivity contribution in [3.8, 4) is 0 Å². The average Bonchev–Trinajstić information content (AvgIpc) is 2.65. The second kappa shape index (κ2) is 6.70. The van der Waals surface area contributed by atoms with Crippen molar-refractivity contribution in [3.05, 3.63) is 0 Å². The highest BCUT2D eigenvalue weighted by molar-refractivity contribution is 6.01. The Hall–Kier alpha value is -1.96. The Morgan fingerprint density at radius 3 is 2.22 bits per heavy atom. The fraction of sp³-hybridized carbons (Fsp3) is 0.600. The summed E-state index contributed by atoms with van der Waals surface area (Å²) in [6.07, 6.45) is -0.508. The molecule has 0 aromatic heterocycles. The summed E-state index contributed by atoms with van der Waals surface area (Å²) >= 11 is 0. The van der Waals surface area contributed by atoms with Crippen LogP contribution in [0.1, 0.15) is 25.7 Å². The molecule has 0 aromatic rings. The van der Waals surface area contributed by atoms with Gasteiger partial charge < -0.3 is 14.7 Å². The number of ether oxygens (including phenoxy) is 1. The maximum atomic E-state index is 11.2. The van der Waals surface area contributed by atoms with Gasteiger partial charge in [0.05, 0.1) is 19.4 Å². The van der Waals surface area contributed by atoms with E-state index in [4.69, 9.17) is 5.11 Å². The number of nitrogens with zero attached hydrogens (tertiary/aromatic N) is 1. The second-order valence-electron chi connectivity index (χ2n) is 3.49. The van der Waals surface area contributed by atoms with Gasteiger partial charge in [-0.15, -0.1) is 5.06 Å². The van der Waals surface area contributed by atoms with Gasteiger partial charge in [-0.25, -0.2) is 4.79 Å². The van der Waals surface area contributed by atoms with E-state index in [0.29, 0.717) is 5.06 Å². The van der Waals surface area contributed by atoms with Crippen LogP contribution in [0.3, 0.4) is 0 Å². The van der Waals surface area contributed by atoms with E-state index in [2.05, 4.69) is 9.57 Å². The lowest BCUT2D eigenvalue weighted by Crippen LogP contribution is -2.32. The maximum Gasteiger partial charge on any atom is 0.333 e. The summed E-state index contributed by atoms with van der Waals surface area (Å²) in [5.41, 5.74) is 0. The van der Waals surface area contributed by atoms with Gasteiger partial charge in [0.2, 0.25) is 0 Å². The first kappa shape index (κ1) is 14.1. The third-order valence-electron chi connectivity index (χ3n) is 2.09. The molecule has 0 unspecified atom stereocenters. The van der Waals surface area contributed by atoms with E-state index in [0.717, 1.165) is 0 Å². The summed E-state index contributed by atoms with van der Waals surface area (Å²) in [6, 6.07) is 0. The minimum absolute atomic E-state index is 0.0185. The number of hydrogen-bond donors (Lipinski definition) is 1. The SMILES string of the molecule is O=C(CCC(=O)ON1C(=O)CCC1=O)OCCO. The molecule has 1 fully saturated rings. The number of hydroxylamine groups is 2. The molecule has 1 heterocycles. The number of esters is 1. The first-order valence-corrected chi connectivity index (χ1v) is 5.37. The molecule has 1 N–H and O–H groups in total. The van der Waals surface area contributed by atoms with E-state index in [1.807, 2.05) is 0 Å². The van der Waals surface area contributed by atoms with E-state index in [1.165, 1.54) is 0 Å². The summed E-state index contributed by atoms with van der Waals surface area (Å²) < 4.78 is 4.51. The molecular formula is C10H13NO7. The van der Waals surface area contributed by atoms with E-state index in [1.54, 1.807) is 0 Å². The standard InChI is InChI=1S/C10H13NO7/c12-5-6-17-9(15)3-4-10(16)18-11-7(13)1-2-8(11)14/h12H,1-6H2. The number of imide groups is 1. The third kappa shape index (κ3) is 4.13. The smallest absolute Gasteiger partial charge is 0.333 e. The fourth-order valence-electron chi connectivity index (χ4n) is 1.24. The molecule has 1 rings (SSSR count). The normalized spacial score (nSPS) is 14.8. The Labute approximate surface area is 102 Å². The van der Waals surface area contributed by atoms with Crippen LogP contribution in [0.4, 0.5) is 0 Å².